The Labute approximate surface area is 127 Å². The van der Waals surface area contributed by atoms with E-state index in [1.165, 1.54) is 18.4 Å². The van der Waals surface area contributed by atoms with Crippen LogP contribution in [0.2, 0.25) is 0 Å². The third kappa shape index (κ3) is 3.92. The molecule has 110 valence electrons. The zero-order chi connectivity index (χ0) is 15.2. The molecule has 0 fully saturated rings. The van der Waals surface area contributed by atoms with Crippen LogP contribution in [0.15, 0.2) is 36.4 Å². The number of carbonyl (C=O) groups excluding carboxylic acids is 2. The van der Waals surface area contributed by atoms with Crippen molar-refractivity contribution in [1.29, 1.82) is 0 Å². The molecule has 0 radical (unpaired) electrons. The van der Waals surface area contributed by atoms with E-state index in [1.54, 1.807) is 6.07 Å². The third-order valence-electron chi connectivity index (χ3n) is 3.00. The predicted molar refractivity (Wildman–Crippen MR) is 83.8 cm³/mol. The average molecular weight is 303 g/mol. The molecule has 4 nitrogen and oxygen atoms in total. The van der Waals surface area contributed by atoms with Gasteiger partial charge in [0.1, 0.15) is 5.00 Å². The van der Waals surface area contributed by atoms with Crippen molar-refractivity contribution in [2.75, 3.05) is 12.4 Å². The van der Waals surface area contributed by atoms with E-state index in [1.807, 2.05) is 37.3 Å². The highest BCUT2D eigenvalue weighted by Gasteiger charge is 2.18. The van der Waals surface area contributed by atoms with Crippen LogP contribution in [0.5, 0.6) is 0 Å². The molecule has 1 aromatic heterocycles. The topological polar surface area (TPSA) is 55.4 Å². The first-order chi connectivity index (χ1) is 10.1. The Hall–Kier alpha value is -2.14. The summed E-state index contributed by atoms with van der Waals surface area (Å²) in [5.74, 6) is -0.572. The first-order valence-corrected chi connectivity index (χ1v) is 7.50. The molecule has 0 aliphatic carbocycles. The molecule has 1 heterocycles. The third-order valence-corrected chi connectivity index (χ3v) is 4.19. The van der Waals surface area contributed by atoms with Crippen LogP contribution in [0, 0.1) is 0 Å². The van der Waals surface area contributed by atoms with E-state index < -0.39 is 5.97 Å². The second-order valence-electron chi connectivity index (χ2n) is 4.51. The zero-order valence-corrected chi connectivity index (χ0v) is 12.8. The molecule has 1 aromatic carbocycles. The normalized spacial score (nSPS) is 10.2. The number of hydrogen-bond donors (Lipinski definition) is 1. The van der Waals surface area contributed by atoms with Crippen LogP contribution in [-0.4, -0.2) is 19.0 Å². The number of ether oxygens (including phenoxy) is 1. The summed E-state index contributed by atoms with van der Waals surface area (Å²) in [7, 11) is 1.33. The van der Waals surface area contributed by atoms with Gasteiger partial charge in [-0.25, -0.2) is 4.79 Å². The van der Waals surface area contributed by atoms with Crippen LogP contribution in [-0.2, 0) is 22.4 Å². The molecular weight excluding hydrogens is 286 g/mol. The summed E-state index contributed by atoms with van der Waals surface area (Å²) in [6.45, 7) is 2.00. The molecule has 0 saturated carbocycles. The van der Waals surface area contributed by atoms with Crippen molar-refractivity contribution in [3.8, 4) is 0 Å². The summed E-state index contributed by atoms with van der Waals surface area (Å²) >= 11 is 1.41. The van der Waals surface area contributed by atoms with Gasteiger partial charge in [-0.15, -0.1) is 11.3 Å². The van der Waals surface area contributed by atoms with Crippen LogP contribution in [0.4, 0.5) is 5.00 Å². The van der Waals surface area contributed by atoms with E-state index in [-0.39, 0.29) is 12.3 Å². The van der Waals surface area contributed by atoms with Crippen LogP contribution >= 0.6 is 11.3 Å². The lowest BCUT2D eigenvalue weighted by Crippen LogP contribution is -2.15. The first kappa shape index (κ1) is 15.3. The van der Waals surface area contributed by atoms with Crippen LogP contribution in [0.1, 0.15) is 27.7 Å². The van der Waals surface area contributed by atoms with Crippen LogP contribution in [0.3, 0.4) is 0 Å². The van der Waals surface area contributed by atoms with Gasteiger partial charge < -0.3 is 10.1 Å². The van der Waals surface area contributed by atoms with Crippen LogP contribution < -0.4 is 5.32 Å². The molecule has 0 atom stereocenters. The monoisotopic (exact) mass is 303 g/mol. The maximum Gasteiger partial charge on any atom is 0.340 e. The van der Waals surface area contributed by atoms with Gasteiger partial charge in [-0.05, 0) is 18.1 Å². The van der Waals surface area contributed by atoms with Gasteiger partial charge in [0.25, 0.3) is 0 Å². The number of hydrogen-bond acceptors (Lipinski definition) is 4. The minimum absolute atomic E-state index is 0.143. The fraction of sp³-hybridized carbons (Fsp3) is 0.250. The molecule has 21 heavy (non-hydrogen) atoms. The molecule has 0 aliphatic heterocycles. The largest absolute Gasteiger partial charge is 0.465 e. The quantitative estimate of drug-likeness (QED) is 0.862. The Morgan fingerprint density at radius 3 is 2.57 bits per heavy atom. The number of benzene rings is 1. The molecule has 0 unspecified atom stereocenters. The second-order valence-corrected chi connectivity index (χ2v) is 5.65. The summed E-state index contributed by atoms with van der Waals surface area (Å²) in [6, 6.07) is 11.3. The fourth-order valence-electron chi connectivity index (χ4n) is 1.92. The number of rotatable bonds is 5. The van der Waals surface area contributed by atoms with E-state index in [0.29, 0.717) is 10.6 Å². The highest BCUT2D eigenvalue weighted by atomic mass is 32.1. The van der Waals surface area contributed by atoms with Crippen molar-refractivity contribution in [1.82, 2.24) is 0 Å². The number of thiophene rings is 1. The van der Waals surface area contributed by atoms with Crippen molar-refractivity contribution in [3.63, 3.8) is 0 Å². The Morgan fingerprint density at radius 2 is 1.95 bits per heavy atom. The Morgan fingerprint density at radius 1 is 1.24 bits per heavy atom. The smallest absolute Gasteiger partial charge is 0.340 e. The number of aryl methyl sites for hydroxylation is 1. The van der Waals surface area contributed by atoms with Crippen molar-refractivity contribution in [2.24, 2.45) is 0 Å². The number of methoxy groups -OCH3 is 1. The first-order valence-electron chi connectivity index (χ1n) is 6.68. The molecule has 1 N–H and O–H groups in total. The van der Waals surface area contributed by atoms with Gasteiger partial charge in [0.05, 0.1) is 19.1 Å². The van der Waals surface area contributed by atoms with Crippen molar-refractivity contribution in [3.05, 3.63) is 52.4 Å². The van der Waals surface area contributed by atoms with Crippen molar-refractivity contribution in [2.45, 2.75) is 19.8 Å². The molecule has 0 saturated heterocycles. The molecular formula is C16H17NO3S. The number of amides is 1. The Kier molecular flexibility index (Phi) is 5.11. The summed E-state index contributed by atoms with van der Waals surface area (Å²) in [4.78, 5) is 24.9. The lowest BCUT2D eigenvalue weighted by molar-refractivity contribution is -0.115. The number of esters is 1. The van der Waals surface area contributed by atoms with Crippen molar-refractivity contribution < 1.29 is 14.3 Å². The SMILES string of the molecule is CCc1cc(C(=O)OC)c(NC(=O)Cc2ccccc2)s1. The molecule has 5 heteroatoms. The van der Waals surface area contributed by atoms with Gasteiger partial charge in [0.2, 0.25) is 5.91 Å². The highest BCUT2D eigenvalue weighted by Crippen LogP contribution is 2.29. The minimum Gasteiger partial charge on any atom is -0.465 e. The van der Waals surface area contributed by atoms with Gasteiger partial charge in [0, 0.05) is 4.88 Å². The van der Waals surface area contributed by atoms with Gasteiger partial charge in [-0.3, -0.25) is 4.79 Å². The molecule has 0 aliphatic rings. The number of nitrogens with one attached hydrogen (secondary N) is 1. The minimum atomic E-state index is -0.430. The average Bonchev–Trinajstić information content (AvgIpc) is 2.90. The lowest BCUT2D eigenvalue weighted by Gasteiger charge is -2.05. The molecule has 2 rings (SSSR count). The Balaban J connectivity index is 2.13. The number of carbonyl (C=O) groups is 2. The van der Waals surface area contributed by atoms with E-state index in [2.05, 4.69) is 5.32 Å². The van der Waals surface area contributed by atoms with E-state index in [4.69, 9.17) is 4.74 Å². The van der Waals surface area contributed by atoms with Crippen LogP contribution in [0.25, 0.3) is 0 Å². The van der Waals surface area contributed by atoms with E-state index in [0.717, 1.165) is 16.9 Å². The van der Waals surface area contributed by atoms with Crippen molar-refractivity contribution >= 4 is 28.2 Å². The zero-order valence-electron chi connectivity index (χ0n) is 12.0. The summed E-state index contributed by atoms with van der Waals surface area (Å²) in [6.07, 6.45) is 1.09. The van der Waals surface area contributed by atoms with Gasteiger partial charge in [-0.2, -0.15) is 0 Å². The maximum atomic E-state index is 12.1. The maximum absolute atomic E-state index is 12.1. The van der Waals surface area contributed by atoms with Gasteiger partial charge in [0.15, 0.2) is 0 Å². The van der Waals surface area contributed by atoms with Gasteiger partial charge in [-0.1, -0.05) is 37.3 Å². The Bertz CT molecular complexity index is 634. The predicted octanol–water partition coefficient (Wildman–Crippen LogP) is 3.28. The number of anilines is 1. The summed E-state index contributed by atoms with van der Waals surface area (Å²) < 4.78 is 4.75. The lowest BCUT2D eigenvalue weighted by atomic mass is 10.1. The summed E-state index contributed by atoms with van der Waals surface area (Å²) in [5, 5.41) is 3.36. The molecule has 0 spiro atoms. The van der Waals surface area contributed by atoms with E-state index >= 15 is 0 Å². The second kappa shape index (κ2) is 7.04. The highest BCUT2D eigenvalue weighted by molar-refractivity contribution is 7.16. The molecule has 1 amide bonds. The summed E-state index contributed by atoms with van der Waals surface area (Å²) in [5.41, 5.74) is 1.35. The molecule has 0 bridgehead atoms. The standard InChI is InChI=1S/C16H17NO3S/c1-3-12-10-13(16(19)20-2)15(21-12)17-14(18)9-11-7-5-4-6-8-11/h4-8,10H,3,9H2,1-2H3,(H,17,18). The van der Waals surface area contributed by atoms with Gasteiger partial charge >= 0.3 is 5.97 Å². The molecule has 2 aromatic rings. The van der Waals surface area contributed by atoms with E-state index in [9.17, 15) is 9.59 Å². The fourth-order valence-corrected chi connectivity index (χ4v) is 2.92.